The van der Waals surface area contributed by atoms with Gasteiger partial charge in [0.15, 0.2) is 5.82 Å². The molecule has 1 aromatic heterocycles. The molecule has 0 aliphatic rings. The molecule has 0 atom stereocenters. The van der Waals surface area contributed by atoms with Gasteiger partial charge < -0.3 is 10.7 Å². The van der Waals surface area contributed by atoms with Crippen LogP contribution in [0.1, 0.15) is 10.4 Å². The number of amides is 1. The molecule has 2 rings (SSSR count). The van der Waals surface area contributed by atoms with Gasteiger partial charge in [0.2, 0.25) is 0 Å². The zero-order chi connectivity index (χ0) is 15.4. The van der Waals surface area contributed by atoms with Crippen molar-refractivity contribution in [2.45, 2.75) is 0 Å². The molecule has 0 bridgehead atoms. The van der Waals surface area contributed by atoms with Crippen LogP contribution in [-0.4, -0.2) is 15.8 Å². The van der Waals surface area contributed by atoms with Crippen LogP contribution in [0.5, 0.6) is 0 Å². The lowest BCUT2D eigenvalue weighted by Crippen LogP contribution is -2.15. The Labute approximate surface area is 117 Å². The summed E-state index contributed by atoms with van der Waals surface area (Å²) in [5.41, 5.74) is 1.88. The predicted octanol–water partition coefficient (Wildman–Crippen LogP) is 1.67. The van der Waals surface area contributed by atoms with Crippen molar-refractivity contribution in [1.29, 1.82) is 0 Å². The fourth-order valence-corrected chi connectivity index (χ4v) is 1.62. The highest BCUT2D eigenvalue weighted by Crippen LogP contribution is 2.25. The van der Waals surface area contributed by atoms with Gasteiger partial charge in [-0.2, -0.15) is 0 Å². The summed E-state index contributed by atoms with van der Waals surface area (Å²) in [6.45, 7) is 0. The molecular weight excluding hydrogens is 281 g/mol. The summed E-state index contributed by atoms with van der Waals surface area (Å²) in [5, 5.41) is 13.1. The molecule has 8 nitrogen and oxygen atoms in total. The smallest absolute Gasteiger partial charge is 0.293 e. The maximum atomic E-state index is 13.4. The van der Waals surface area contributed by atoms with E-state index in [2.05, 4.69) is 15.7 Å². The lowest BCUT2D eigenvalue weighted by molar-refractivity contribution is -0.384. The van der Waals surface area contributed by atoms with Gasteiger partial charge in [-0.1, -0.05) is 0 Å². The van der Waals surface area contributed by atoms with E-state index >= 15 is 0 Å². The SMILES string of the molecule is NNc1cc(C(=O)Nc2ccncc2F)ccc1[N+](=O)[O-]. The minimum absolute atomic E-state index is 0.0251. The number of anilines is 2. The number of hydrogen-bond donors (Lipinski definition) is 3. The number of nitro groups is 1. The second-order valence-corrected chi connectivity index (χ2v) is 3.94. The van der Waals surface area contributed by atoms with E-state index in [-0.39, 0.29) is 22.6 Å². The van der Waals surface area contributed by atoms with Crippen molar-refractivity contribution in [2.75, 3.05) is 10.7 Å². The second kappa shape index (κ2) is 5.92. The number of benzene rings is 1. The van der Waals surface area contributed by atoms with E-state index in [0.29, 0.717) is 0 Å². The maximum Gasteiger partial charge on any atom is 0.293 e. The summed E-state index contributed by atoms with van der Waals surface area (Å²) >= 11 is 0. The molecule has 1 aromatic carbocycles. The van der Waals surface area contributed by atoms with Crippen LogP contribution < -0.4 is 16.6 Å². The molecule has 1 amide bonds. The van der Waals surface area contributed by atoms with E-state index in [9.17, 15) is 19.3 Å². The molecule has 9 heteroatoms. The molecule has 0 unspecified atom stereocenters. The van der Waals surface area contributed by atoms with Crippen molar-refractivity contribution in [1.82, 2.24) is 4.98 Å². The second-order valence-electron chi connectivity index (χ2n) is 3.94. The molecule has 0 spiro atoms. The number of carbonyl (C=O) groups is 1. The summed E-state index contributed by atoms with van der Waals surface area (Å²) in [6, 6.07) is 4.87. The Kier molecular flexibility index (Phi) is 4.05. The van der Waals surface area contributed by atoms with Crippen LogP contribution in [0.4, 0.5) is 21.5 Å². The molecular formula is C12H10FN5O3. The fraction of sp³-hybridized carbons (Fsp3) is 0. The van der Waals surface area contributed by atoms with Gasteiger partial charge in [-0.3, -0.25) is 25.7 Å². The quantitative estimate of drug-likeness (QED) is 0.447. The Morgan fingerprint density at radius 3 is 2.71 bits per heavy atom. The summed E-state index contributed by atoms with van der Waals surface area (Å²) < 4.78 is 13.4. The lowest BCUT2D eigenvalue weighted by atomic mass is 10.1. The molecule has 0 aliphatic heterocycles. The van der Waals surface area contributed by atoms with Crippen LogP contribution in [0.25, 0.3) is 0 Å². The highest BCUT2D eigenvalue weighted by Gasteiger charge is 2.16. The monoisotopic (exact) mass is 291 g/mol. The Balaban J connectivity index is 2.28. The van der Waals surface area contributed by atoms with Crippen molar-refractivity contribution in [2.24, 2.45) is 5.84 Å². The first-order valence-corrected chi connectivity index (χ1v) is 5.69. The van der Waals surface area contributed by atoms with Crippen LogP contribution in [0.3, 0.4) is 0 Å². The van der Waals surface area contributed by atoms with Crippen molar-refractivity contribution in [3.8, 4) is 0 Å². The van der Waals surface area contributed by atoms with Gasteiger partial charge in [-0.25, -0.2) is 4.39 Å². The Morgan fingerprint density at radius 2 is 2.10 bits per heavy atom. The molecule has 0 fully saturated rings. The summed E-state index contributed by atoms with van der Waals surface area (Å²) in [6.07, 6.45) is 2.28. The van der Waals surface area contributed by atoms with Gasteiger partial charge in [-0.15, -0.1) is 0 Å². The van der Waals surface area contributed by atoms with Gasteiger partial charge in [0.1, 0.15) is 5.69 Å². The number of nitrogen functional groups attached to an aromatic ring is 1. The van der Waals surface area contributed by atoms with E-state index in [1.54, 1.807) is 0 Å². The minimum atomic E-state index is -0.690. The zero-order valence-electron chi connectivity index (χ0n) is 10.5. The molecule has 1 heterocycles. The summed E-state index contributed by atoms with van der Waals surface area (Å²) in [4.78, 5) is 25.6. The average Bonchev–Trinajstić information content (AvgIpc) is 2.48. The van der Waals surface area contributed by atoms with Gasteiger partial charge in [0, 0.05) is 17.8 Å². The molecule has 0 radical (unpaired) electrons. The van der Waals surface area contributed by atoms with E-state index in [0.717, 1.165) is 12.3 Å². The van der Waals surface area contributed by atoms with Crippen LogP contribution in [0.2, 0.25) is 0 Å². The number of nitrogens with one attached hydrogen (secondary N) is 2. The first-order chi connectivity index (χ1) is 10.0. The Morgan fingerprint density at radius 1 is 1.33 bits per heavy atom. The maximum absolute atomic E-state index is 13.4. The van der Waals surface area contributed by atoms with Gasteiger partial charge in [0.25, 0.3) is 11.6 Å². The van der Waals surface area contributed by atoms with Crippen molar-refractivity contribution in [3.63, 3.8) is 0 Å². The van der Waals surface area contributed by atoms with Crippen LogP contribution in [0.15, 0.2) is 36.7 Å². The standard InChI is InChI=1S/C12H10FN5O3/c13-8-6-15-4-3-9(8)16-12(19)7-1-2-11(18(20)21)10(5-7)17-14/h1-6,17H,14H2,(H,15,16,19). The number of hydrogen-bond acceptors (Lipinski definition) is 6. The number of carbonyl (C=O) groups excluding carboxylic acids is 1. The van der Waals surface area contributed by atoms with Crippen LogP contribution in [0, 0.1) is 15.9 Å². The van der Waals surface area contributed by atoms with Gasteiger partial charge in [0.05, 0.1) is 16.8 Å². The molecule has 0 aliphatic carbocycles. The van der Waals surface area contributed by atoms with E-state index in [1.165, 1.54) is 24.4 Å². The van der Waals surface area contributed by atoms with Crippen LogP contribution in [-0.2, 0) is 0 Å². The number of rotatable bonds is 4. The molecule has 0 saturated carbocycles. The van der Waals surface area contributed by atoms with Gasteiger partial charge >= 0.3 is 0 Å². The molecule has 108 valence electrons. The highest BCUT2D eigenvalue weighted by molar-refractivity contribution is 6.05. The average molecular weight is 291 g/mol. The normalized spacial score (nSPS) is 10.0. The number of halogens is 1. The third kappa shape index (κ3) is 3.09. The molecule has 0 saturated heterocycles. The Bertz CT molecular complexity index is 707. The number of nitrogens with two attached hydrogens (primary N) is 1. The number of nitrogens with zero attached hydrogens (tertiary/aromatic N) is 2. The fourth-order valence-electron chi connectivity index (χ4n) is 1.62. The first-order valence-electron chi connectivity index (χ1n) is 5.69. The van der Waals surface area contributed by atoms with Crippen molar-refractivity contribution < 1.29 is 14.1 Å². The zero-order valence-corrected chi connectivity index (χ0v) is 10.5. The third-order valence-electron chi connectivity index (χ3n) is 2.63. The van der Waals surface area contributed by atoms with Gasteiger partial charge in [-0.05, 0) is 18.2 Å². The van der Waals surface area contributed by atoms with Crippen molar-refractivity contribution >= 4 is 23.0 Å². The molecule has 2 aromatic rings. The topological polar surface area (TPSA) is 123 Å². The Hall–Kier alpha value is -3.07. The number of pyridine rings is 1. The lowest BCUT2D eigenvalue weighted by Gasteiger charge is -2.07. The van der Waals surface area contributed by atoms with E-state index in [4.69, 9.17) is 5.84 Å². The molecule has 21 heavy (non-hydrogen) atoms. The van der Waals surface area contributed by atoms with E-state index in [1.807, 2.05) is 0 Å². The van der Waals surface area contributed by atoms with Crippen LogP contribution >= 0.6 is 0 Å². The number of hydrazine groups is 1. The van der Waals surface area contributed by atoms with E-state index < -0.39 is 16.6 Å². The minimum Gasteiger partial charge on any atom is -0.319 e. The summed E-state index contributed by atoms with van der Waals surface area (Å²) in [7, 11) is 0. The summed E-state index contributed by atoms with van der Waals surface area (Å²) in [5.74, 6) is 3.86. The number of aromatic nitrogens is 1. The highest BCUT2D eigenvalue weighted by atomic mass is 19.1. The predicted molar refractivity (Wildman–Crippen MR) is 73.1 cm³/mol. The number of nitro benzene ring substituents is 1. The third-order valence-corrected chi connectivity index (χ3v) is 2.63. The molecule has 4 N–H and O–H groups in total. The van der Waals surface area contributed by atoms with Crippen molar-refractivity contribution in [3.05, 3.63) is 58.2 Å². The first kappa shape index (κ1) is 14.3. The largest absolute Gasteiger partial charge is 0.319 e.